The molecular formula is C18H21NO2. The number of carbonyl (C=O) groups is 1. The molecule has 0 saturated carbocycles. The van der Waals surface area contributed by atoms with E-state index in [0.29, 0.717) is 29.5 Å². The molecule has 0 aliphatic carbocycles. The molecule has 0 atom stereocenters. The monoisotopic (exact) mass is 283 g/mol. The molecule has 1 N–H and O–H groups in total. The van der Waals surface area contributed by atoms with E-state index in [4.69, 9.17) is 4.74 Å². The van der Waals surface area contributed by atoms with E-state index in [1.54, 1.807) is 0 Å². The second kappa shape index (κ2) is 6.93. The van der Waals surface area contributed by atoms with E-state index >= 15 is 0 Å². The van der Waals surface area contributed by atoms with Gasteiger partial charge in [-0.25, -0.2) is 0 Å². The second-order valence-electron chi connectivity index (χ2n) is 5.16. The third-order valence-electron chi connectivity index (χ3n) is 3.27. The summed E-state index contributed by atoms with van der Waals surface area (Å²) in [5.41, 5.74) is 2.56. The SMILES string of the molecule is CCOc1ccccc1NC(=O)c1ccc(C(C)C)cc1. The molecule has 2 rings (SSSR count). The zero-order valence-corrected chi connectivity index (χ0v) is 12.7. The summed E-state index contributed by atoms with van der Waals surface area (Å²) < 4.78 is 5.51. The number of benzene rings is 2. The van der Waals surface area contributed by atoms with Crippen LogP contribution >= 0.6 is 0 Å². The Kier molecular flexibility index (Phi) is 4.99. The summed E-state index contributed by atoms with van der Waals surface area (Å²) in [5.74, 6) is 1.02. The van der Waals surface area contributed by atoms with Crippen LogP contribution in [-0.2, 0) is 0 Å². The lowest BCUT2D eigenvalue weighted by atomic mass is 10.0. The Morgan fingerprint density at radius 1 is 1.10 bits per heavy atom. The number of rotatable bonds is 5. The lowest BCUT2D eigenvalue weighted by molar-refractivity contribution is 0.102. The fourth-order valence-corrected chi connectivity index (χ4v) is 2.07. The number of carbonyl (C=O) groups excluding carboxylic acids is 1. The summed E-state index contributed by atoms with van der Waals surface area (Å²) in [6.45, 7) is 6.75. The average molecular weight is 283 g/mol. The summed E-state index contributed by atoms with van der Waals surface area (Å²) in [5, 5.41) is 2.90. The Hall–Kier alpha value is -2.29. The molecule has 0 aliphatic heterocycles. The maximum atomic E-state index is 12.3. The number of para-hydroxylation sites is 2. The van der Waals surface area contributed by atoms with Gasteiger partial charge in [-0.2, -0.15) is 0 Å². The van der Waals surface area contributed by atoms with Crippen LogP contribution < -0.4 is 10.1 Å². The first-order valence-corrected chi connectivity index (χ1v) is 7.25. The third-order valence-corrected chi connectivity index (χ3v) is 3.27. The van der Waals surface area contributed by atoms with Gasteiger partial charge in [-0.3, -0.25) is 4.79 Å². The molecule has 0 unspecified atom stereocenters. The Labute approximate surface area is 126 Å². The topological polar surface area (TPSA) is 38.3 Å². The van der Waals surface area contributed by atoms with Crippen molar-refractivity contribution in [3.05, 3.63) is 59.7 Å². The van der Waals surface area contributed by atoms with Crippen molar-refractivity contribution in [2.75, 3.05) is 11.9 Å². The van der Waals surface area contributed by atoms with Crippen molar-refractivity contribution in [2.45, 2.75) is 26.7 Å². The summed E-state index contributed by atoms with van der Waals surface area (Å²) in [6, 6.07) is 15.1. The van der Waals surface area contributed by atoms with Gasteiger partial charge >= 0.3 is 0 Å². The minimum Gasteiger partial charge on any atom is -0.492 e. The van der Waals surface area contributed by atoms with Crippen LogP contribution in [0.1, 0.15) is 42.6 Å². The van der Waals surface area contributed by atoms with Crippen LogP contribution in [0.15, 0.2) is 48.5 Å². The molecule has 0 fully saturated rings. The minimum atomic E-state index is -0.127. The highest BCUT2D eigenvalue weighted by molar-refractivity contribution is 6.05. The molecule has 21 heavy (non-hydrogen) atoms. The van der Waals surface area contributed by atoms with Gasteiger partial charge in [-0.15, -0.1) is 0 Å². The van der Waals surface area contributed by atoms with E-state index in [1.807, 2.05) is 55.5 Å². The van der Waals surface area contributed by atoms with Crippen LogP contribution in [0.3, 0.4) is 0 Å². The highest BCUT2D eigenvalue weighted by atomic mass is 16.5. The summed E-state index contributed by atoms with van der Waals surface area (Å²) in [6.07, 6.45) is 0. The van der Waals surface area contributed by atoms with Crippen molar-refractivity contribution in [2.24, 2.45) is 0 Å². The quantitative estimate of drug-likeness (QED) is 0.879. The second-order valence-corrected chi connectivity index (χ2v) is 5.16. The largest absolute Gasteiger partial charge is 0.492 e. The number of anilines is 1. The maximum absolute atomic E-state index is 12.3. The Morgan fingerprint density at radius 2 is 1.76 bits per heavy atom. The molecule has 0 heterocycles. The van der Waals surface area contributed by atoms with E-state index in [9.17, 15) is 4.79 Å². The predicted molar refractivity (Wildman–Crippen MR) is 86.1 cm³/mol. The smallest absolute Gasteiger partial charge is 0.255 e. The number of hydrogen-bond donors (Lipinski definition) is 1. The third kappa shape index (κ3) is 3.85. The van der Waals surface area contributed by atoms with E-state index < -0.39 is 0 Å². The molecule has 2 aromatic rings. The first kappa shape index (κ1) is 15.1. The van der Waals surface area contributed by atoms with Crippen LogP contribution in [-0.4, -0.2) is 12.5 Å². The molecule has 0 aliphatic rings. The van der Waals surface area contributed by atoms with Gasteiger partial charge in [0.2, 0.25) is 0 Å². The molecule has 0 bridgehead atoms. The summed E-state index contributed by atoms with van der Waals surface area (Å²) in [4.78, 5) is 12.3. The van der Waals surface area contributed by atoms with Crippen LogP contribution in [0.4, 0.5) is 5.69 Å². The molecular weight excluding hydrogens is 262 g/mol. The summed E-state index contributed by atoms with van der Waals surface area (Å²) >= 11 is 0. The molecule has 2 aromatic carbocycles. The lowest BCUT2D eigenvalue weighted by Crippen LogP contribution is -2.13. The lowest BCUT2D eigenvalue weighted by Gasteiger charge is -2.12. The van der Waals surface area contributed by atoms with Gasteiger partial charge < -0.3 is 10.1 Å². The van der Waals surface area contributed by atoms with Gasteiger partial charge in [-0.1, -0.05) is 38.1 Å². The van der Waals surface area contributed by atoms with E-state index in [1.165, 1.54) is 5.56 Å². The zero-order valence-electron chi connectivity index (χ0n) is 12.7. The average Bonchev–Trinajstić information content (AvgIpc) is 2.49. The van der Waals surface area contributed by atoms with Crippen molar-refractivity contribution in [3.8, 4) is 5.75 Å². The molecule has 3 heteroatoms. The van der Waals surface area contributed by atoms with E-state index in [0.717, 1.165) is 0 Å². The Morgan fingerprint density at radius 3 is 2.38 bits per heavy atom. The minimum absolute atomic E-state index is 0.127. The number of ether oxygens (including phenoxy) is 1. The van der Waals surface area contributed by atoms with Gasteiger partial charge in [0.1, 0.15) is 5.75 Å². The van der Waals surface area contributed by atoms with E-state index in [2.05, 4.69) is 19.2 Å². The molecule has 0 radical (unpaired) electrons. The van der Waals surface area contributed by atoms with Gasteiger partial charge in [0.05, 0.1) is 12.3 Å². The van der Waals surface area contributed by atoms with Crippen molar-refractivity contribution < 1.29 is 9.53 Å². The van der Waals surface area contributed by atoms with Gasteiger partial charge in [0, 0.05) is 5.56 Å². The number of amides is 1. The van der Waals surface area contributed by atoms with Crippen molar-refractivity contribution in [1.29, 1.82) is 0 Å². The maximum Gasteiger partial charge on any atom is 0.255 e. The van der Waals surface area contributed by atoms with Gasteiger partial charge in [0.15, 0.2) is 0 Å². The van der Waals surface area contributed by atoms with Crippen molar-refractivity contribution >= 4 is 11.6 Å². The van der Waals surface area contributed by atoms with Crippen LogP contribution in [0, 0.1) is 0 Å². The Bertz CT molecular complexity index is 603. The summed E-state index contributed by atoms with van der Waals surface area (Å²) in [7, 11) is 0. The van der Waals surface area contributed by atoms with Crippen molar-refractivity contribution in [1.82, 2.24) is 0 Å². The van der Waals surface area contributed by atoms with Crippen molar-refractivity contribution in [3.63, 3.8) is 0 Å². The van der Waals surface area contributed by atoms with Crippen LogP contribution in [0.2, 0.25) is 0 Å². The number of nitrogens with one attached hydrogen (secondary N) is 1. The molecule has 110 valence electrons. The Balaban J connectivity index is 2.14. The van der Waals surface area contributed by atoms with Gasteiger partial charge in [-0.05, 0) is 42.7 Å². The zero-order chi connectivity index (χ0) is 15.2. The first-order chi connectivity index (χ1) is 10.1. The van der Waals surface area contributed by atoms with Gasteiger partial charge in [0.25, 0.3) is 5.91 Å². The fraction of sp³-hybridized carbons (Fsp3) is 0.278. The van der Waals surface area contributed by atoms with Crippen LogP contribution in [0.5, 0.6) is 5.75 Å². The molecule has 0 aromatic heterocycles. The molecule has 0 saturated heterocycles. The predicted octanol–water partition coefficient (Wildman–Crippen LogP) is 4.46. The van der Waals surface area contributed by atoms with E-state index in [-0.39, 0.29) is 5.91 Å². The standard InChI is InChI=1S/C18H21NO2/c1-4-21-17-8-6-5-7-16(17)19-18(20)15-11-9-14(10-12-15)13(2)3/h5-13H,4H2,1-3H3,(H,19,20). The fourth-order valence-electron chi connectivity index (χ4n) is 2.07. The molecule has 3 nitrogen and oxygen atoms in total. The highest BCUT2D eigenvalue weighted by Crippen LogP contribution is 2.24. The normalized spacial score (nSPS) is 10.5. The molecule has 1 amide bonds. The molecule has 0 spiro atoms. The first-order valence-electron chi connectivity index (χ1n) is 7.25. The van der Waals surface area contributed by atoms with Crippen LogP contribution in [0.25, 0.3) is 0 Å². The highest BCUT2D eigenvalue weighted by Gasteiger charge is 2.10. The number of hydrogen-bond acceptors (Lipinski definition) is 2.